The number of halogens is 1. The fourth-order valence-electron chi connectivity index (χ4n) is 3.61. The molecule has 4 rings (SSSR count). The number of aliphatic carboxylic acids is 1. The van der Waals surface area contributed by atoms with Gasteiger partial charge >= 0.3 is 5.69 Å². The lowest BCUT2D eigenvalue weighted by Gasteiger charge is -2.18. The van der Waals surface area contributed by atoms with Crippen LogP contribution in [0.5, 0.6) is 11.5 Å². The zero-order chi connectivity index (χ0) is 27.8. The maximum Gasteiger partial charge on any atom is 0.349 e. The first-order valence-corrected chi connectivity index (χ1v) is 11.2. The Hall–Kier alpha value is -5.07. The third kappa shape index (κ3) is 6.57. The fourth-order valence-corrected chi connectivity index (χ4v) is 3.61. The van der Waals surface area contributed by atoms with E-state index in [2.05, 4.69) is 20.3 Å². The highest BCUT2D eigenvalue weighted by molar-refractivity contribution is 5.94. The van der Waals surface area contributed by atoms with Gasteiger partial charge in [0.15, 0.2) is 17.3 Å². The molecule has 2 heterocycles. The molecule has 4 aromatic rings. The number of nitrogens with two attached hydrogens (primary N) is 1. The summed E-state index contributed by atoms with van der Waals surface area (Å²) >= 11 is 0. The summed E-state index contributed by atoms with van der Waals surface area (Å²) in [5.74, 6) is -1.07. The van der Waals surface area contributed by atoms with E-state index in [4.69, 9.17) is 30.5 Å². The van der Waals surface area contributed by atoms with Gasteiger partial charge in [-0.3, -0.25) is 15.2 Å². The molecule has 0 aliphatic carbocycles. The zero-order valence-corrected chi connectivity index (χ0v) is 20.8. The molecular formula is C25H26FN7O5. The lowest BCUT2D eigenvalue weighted by molar-refractivity contribution is -0.134. The largest absolute Gasteiger partial charge is 0.493 e. The Morgan fingerprint density at radius 2 is 1.82 bits per heavy atom. The Morgan fingerprint density at radius 1 is 1.18 bits per heavy atom. The summed E-state index contributed by atoms with van der Waals surface area (Å²) < 4.78 is 26.9. The van der Waals surface area contributed by atoms with Gasteiger partial charge in [-0.25, -0.2) is 9.18 Å². The molecule has 0 saturated heterocycles. The van der Waals surface area contributed by atoms with Crippen molar-refractivity contribution in [3.05, 3.63) is 93.5 Å². The lowest BCUT2D eigenvalue weighted by atomic mass is 9.90. The van der Waals surface area contributed by atoms with Crippen molar-refractivity contribution in [2.45, 2.75) is 19.3 Å². The summed E-state index contributed by atoms with van der Waals surface area (Å²) in [6.07, 6.45) is 1.77. The Morgan fingerprint density at radius 3 is 2.37 bits per heavy atom. The van der Waals surface area contributed by atoms with Crippen LogP contribution in [0.25, 0.3) is 5.82 Å². The van der Waals surface area contributed by atoms with E-state index in [0.717, 1.165) is 17.2 Å². The summed E-state index contributed by atoms with van der Waals surface area (Å²) in [4.78, 5) is 24.4. The average Bonchev–Trinajstić information content (AvgIpc) is 3.29. The summed E-state index contributed by atoms with van der Waals surface area (Å²) in [6.45, 7) is 1.08. The molecule has 5 N–H and O–H groups in total. The Kier molecular flexibility index (Phi) is 8.87. The average molecular weight is 524 g/mol. The molecule has 13 heteroatoms. The summed E-state index contributed by atoms with van der Waals surface area (Å²) in [5.41, 5.74) is 6.66. The number of ether oxygens (including phenoxy) is 2. The highest BCUT2D eigenvalue weighted by Crippen LogP contribution is 2.36. The number of benzene rings is 2. The normalized spacial score (nSPS) is 11.2. The van der Waals surface area contributed by atoms with E-state index in [1.54, 1.807) is 36.4 Å². The van der Waals surface area contributed by atoms with E-state index >= 15 is 4.39 Å². The van der Waals surface area contributed by atoms with Gasteiger partial charge < -0.3 is 20.3 Å². The maximum absolute atomic E-state index is 15.3. The van der Waals surface area contributed by atoms with Crippen LogP contribution in [0.15, 0.2) is 59.5 Å². The van der Waals surface area contributed by atoms with Crippen molar-refractivity contribution in [2.75, 3.05) is 14.2 Å². The molecule has 0 spiro atoms. The number of carboxylic acid groups (broad SMARTS) is 1. The first-order valence-electron chi connectivity index (χ1n) is 11.2. The minimum Gasteiger partial charge on any atom is -0.493 e. The van der Waals surface area contributed by atoms with E-state index in [1.807, 2.05) is 0 Å². The first kappa shape index (κ1) is 27.5. The number of carbonyl (C=O) groups is 1. The van der Waals surface area contributed by atoms with Gasteiger partial charge in [0, 0.05) is 30.3 Å². The van der Waals surface area contributed by atoms with Gasteiger partial charge in [-0.05, 0) is 30.2 Å². The Bertz CT molecular complexity index is 1470. The van der Waals surface area contributed by atoms with Crippen LogP contribution in [0.3, 0.4) is 0 Å². The van der Waals surface area contributed by atoms with Crippen molar-refractivity contribution < 1.29 is 23.8 Å². The number of hydrogen-bond acceptors (Lipinski definition) is 8. The predicted octanol–water partition coefficient (Wildman–Crippen LogP) is 2.26. The fraction of sp³-hybridized carbons (Fsp3) is 0.200. The number of aromatic amines is 1. The van der Waals surface area contributed by atoms with Crippen LogP contribution in [0, 0.1) is 11.2 Å². The number of H-pyrrole nitrogens is 1. The van der Waals surface area contributed by atoms with Crippen molar-refractivity contribution in [1.82, 2.24) is 25.0 Å². The van der Waals surface area contributed by atoms with Gasteiger partial charge in [0.1, 0.15) is 17.5 Å². The highest BCUT2D eigenvalue weighted by Gasteiger charge is 2.26. The molecule has 0 saturated carbocycles. The van der Waals surface area contributed by atoms with Gasteiger partial charge in [-0.15, -0.1) is 10.2 Å². The number of nitrogens with zero attached hydrogens (tertiary/aromatic N) is 4. The maximum atomic E-state index is 15.3. The first-order chi connectivity index (χ1) is 18.1. The number of nitrogens with one attached hydrogen (secondary N) is 2. The number of nitrogen functional groups attached to an aromatic ring is 1. The number of carboxylic acids is 1. The predicted molar refractivity (Wildman–Crippen MR) is 136 cm³/mol. The van der Waals surface area contributed by atoms with Crippen LogP contribution in [0.4, 0.5) is 4.39 Å². The molecule has 1 unspecified atom stereocenters. The van der Waals surface area contributed by atoms with Crippen molar-refractivity contribution in [1.29, 1.82) is 5.41 Å². The molecule has 0 aliphatic rings. The molecule has 0 aliphatic heterocycles. The van der Waals surface area contributed by atoms with E-state index in [-0.39, 0.29) is 35.2 Å². The molecule has 0 amide bonds. The highest BCUT2D eigenvalue weighted by atomic mass is 19.1. The summed E-state index contributed by atoms with van der Waals surface area (Å²) in [7, 11) is 2.88. The molecule has 38 heavy (non-hydrogen) atoms. The summed E-state index contributed by atoms with van der Waals surface area (Å²) in [6, 6.07) is 13.0. The van der Waals surface area contributed by atoms with Gasteiger partial charge in [-0.1, -0.05) is 24.3 Å². The number of rotatable bonds is 8. The third-order valence-electron chi connectivity index (χ3n) is 5.32. The van der Waals surface area contributed by atoms with Crippen molar-refractivity contribution in [2.24, 2.45) is 5.73 Å². The molecular weight excluding hydrogens is 497 g/mol. The SMILES string of the molecule is CC(=O)O.COc1cc(F)c(C(Cc2ccc(C(=N)N)cc2)c2nn(-c3cccnn3)c(=O)[nH]2)cc1OC. The van der Waals surface area contributed by atoms with Crippen molar-refractivity contribution in [3.63, 3.8) is 0 Å². The van der Waals surface area contributed by atoms with E-state index in [0.29, 0.717) is 11.3 Å². The van der Waals surface area contributed by atoms with Crippen LogP contribution in [0.1, 0.15) is 35.4 Å². The van der Waals surface area contributed by atoms with E-state index < -0.39 is 23.4 Å². The second kappa shape index (κ2) is 12.3. The molecule has 12 nitrogen and oxygen atoms in total. The monoisotopic (exact) mass is 523 g/mol. The van der Waals surface area contributed by atoms with Crippen LogP contribution < -0.4 is 20.9 Å². The minimum atomic E-state index is -0.833. The van der Waals surface area contributed by atoms with Crippen LogP contribution in [-0.2, 0) is 11.2 Å². The molecule has 0 radical (unpaired) electrons. The zero-order valence-electron chi connectivity index (χ0n) is 20.8. The molecule has 0 fully saturated rings. The second-order valence-corrected chi connectivity index (χ2v) is 7.92. The van der Waals surface area contributed by atoms with Crippen molar-refractivity contribution in [3.8, 4) is 17.3 Å². The van der Waals surface area contributed by atoms with Crippen LogP contribution in [0.2, 0.25) is 0 Å². The van der Waals surface area contributed by atoms with Crippen LogP contribution in [-0.4, -0.2) is 56.1 Å². The van der Waals surface area contributed by atoms with Gasteiger partial charge in [0.05, 0.1) is 20.1 Å². The molecule has 2 aromatic heterocycles. The quantitative estimate of drug-likeness (QED) is 0.199. The minimum absolute atomic E-state index is 0.0546. The number of methoxy groups -OCH3 is 2. The topological polar surface area (TPSA) is 182 Å². The number of amidine groups is 1. The van der Waals surface area contributed by atoms with Crippen molar-refractivity contribution >= 4 is 11.8 Å². The van der Waals surface area contributed by atoms with E-state index in [1.165, 1.54) is 32.5 Å². The van der Waals surface area contributed by atoms with Crippen LogP contribution >= 0.6 is 0 Å². The van der Waals surface area contributed by atoms with E-state index in [9.17, 15) is 4.79 Å². The molecule has 0 bridgehead atoms. The van der Waals surface area contributed by atoms with Gasteiger partial charge in [-0.2, -0.15) is 9.78 Å². The lowest BCUT2D eigenvalue weighted by Crippen LogP contribution is -2.17. The summed E-state index contributed by atoms with van der Waals surface area (Å²) in [5, 5.41) is 27.1. The Balaban J connectivity index is 0.000000934. The molecule has 2 aromatic carbocycles. The Labute approximate surface area is 216 Å². The second-order valence-electron chi connectivity index (χ2n) is 7.92. The van der Waals surface area contributed by atoms with Gasteiger partial charge in [0.2, 0.25) is 0 Å². The third-order valence-corrected chi connectivity index (χ3v) is 5.32. The smallest absolute Gasteiger partial charge is 0.349 e. The standard InChI is InChI=1S/C23H22FN7O3.C2H4O2/c1-33-18-11-15(17(24)12-19(18)34-2)16(10-13-5-7-14(8-6-13)21(25)26)22-28-23(32)31(30-22)20-4-3-9-27-29-20;1-2(3)4/h3-9,11-12,16H,10H2,1-2H3,(H3,25,26)(H,28,30,32);1H3,(H,3,4). The van der Waals surface area contributed by atoms with Gasteiger partial charge in [0.25, 0.3) is 5.97 Å². The number of hydrogen-bond donors (Lipinski definition) is 4. The molecule has 198 valence electrons. The molecule has 1 atom stereocenters. The number of aromatic nitrogens is 5.